The summed E-state index contributed by atoms with van der Waals surface area (Å²) in [6.45, 7) is 0.858. The van der Waals surface area contributed by atoms with Crippen molar-refractivity contribution < 1.29 is 4.79 Å². The maximum absolute atomic E-state index is 11.7. The first-order valence-electron chi connectivity index (χ1n) is 6.47. The number of rotatable bonds is 6. The molecule has 0 saturated heterocycles. The second-order valence-corrected chi connectivity index (χ2v) is 4.40. The molecule has 0 aliphatic heterocycles. The Morgan fingerprint density at radius 1 is 1.21 bits per heavy atom. The minimum Gasteiger partial charge on any atom is -0.326 e. The van der Waals surface area contributed by atoms with Crippen LogP contribution in [0.1, 0.15) is 12.8 Å². The number of carbonyl (C=O) groups excluding carboxylic acids is 1. The third-order valence-electron chi connectivity index (χ3n) is 2.86. The van der Waals surface area contributed by atoms with Gasteiger partial charge in [0.15, 0.2) is 0 Å². The predicted octanol–water partition coefficient (Wildman–Crippen LogP) is 2.42. The molecule has 0 unspecified atom stereocenters. The predicted molar refractivity (Wildman–Crippen MR) is 77.6 cm³/mol. The smallest absolute Gasteiger partial charge is 0.224 e. The third kappa shape index (κ3) is 3.96. The number of hydrogen-bond acceptors (Lipinski definition) is 2. The number of hydrogen-bond donors (Lipinski definition) is 2. The number of aromatic nitrogens is 1. The lowest BCUT2D eigenvalue weighted by Gasteiger charge is -2.08. The molecule has 1 aromatic heterocycles. The Hall–Kier alpha value is -2.07. The zero-order valence-corrected chi connectivity index (χ0v) is 11.1. The minimum atomic E-state index is 0.0555. The number of nitrogens with zero attached hydrogens (tertiary/aromatic N) is 1. The van der Waals surface area contributed by atoms with Crippen molar-refractivity contribution in [3.05, 3.63) is 48.8 Å². The van der Waals surface area contributed by atoms with Crippen molar-refractivity contribution in [2.24, 2.45) is 0 Å². The lowest BCUT2D eigenvalue weighted by molar-refractivity contribution is -0.116. The Balaban J connectivity index is 1.97. The van der Waals surface area contributed by atoms with Gasteiger partial charge in [0.1, 0.15) is 0 Å². The van der Waals surface area contributed by atoms with Crippen molar-refractivity contribution in [1.82, 2.24) is 9.88 Å². The highest BCUT2D eigenvalue weighted by molar-refractivity contribution is 5.90. The molecule has 2 N–H and O–H groups in total. The first-order chi connectivity index (χ1) is 9.29. The lowest BCUT2D eigenvalue weighted by Crippen LogP contribution is -2.15. The van der Waals surface area contributed by atoms with Gasteiger partial charge in [0, 0.05) is 30.2 Å². The van der Waals surface area contributed by atoms with Crippen molar-refractivity contribution >= 4 is 11.6 Å². The molecular weight excluding hydrogens is 238 g/mol. The van der Waals surface area contributed by atoms with Crippen LogP contribution in [0.4, 0.5) is 5.69 Å². The van der Waals surface area contributed by atoms with Crippen molar-refractivity contribution in [3.63, 3.8) is 0 Å². The van der Waals surface area contributed by atoms with Crippen LogP contribution in [0.15, 0.2) is 48.8 Å². The highest BCUT2D eigenvalue weighted by Crippen LogP contribution is 2.15. The molecule has 2 aromatic rings. The van der Waals surface area contributed by atoms with E-state index >= 15 is 0 Å². The SMILES string of the molecule is CNCCCC(=O)Nc1cccc(-n2cccc2)c1. The van der Waals surface area contributed by atoms with Crippen LogP contribution in [0.25, 0.3) is 5.69 Å². The summed E-state index contributed by atoms with van der Waals surface area (Å²) >= 11 is 0. The molecule has 0 spiro atoms. The Morgan fingerprint density at radius 2 is 2.00 bits per heavy atom. The molecule has 19 heavy (non-hydrogen) atoms. The Kier molecular flexibility index (Phi) is 4.75. The molecule has 0 aliphatic rings. The number of nitrogens with one attached hydrogen (secondary N) is 2. The van der Waals surface area contributed by atoms with E-state index in [1.165, 1.54) is 0 Å². The molecule has 0 bridgehead atoms. The maximum Gasteiger partial charge on any atom is 0.224 e. The molecule has 100 valence electrons. The fourth-order valence-electron chi connectivity index (χ4n) is 1.90. The monoisotopic (exact) mass is 257 g/mol. The normalized spacial score (nSPS) is 10.4. The molecule has 1 heterocycles. The summed E-state index contributed by atoms with van der Waals surface area (Å²) in [4.78, 5) is 11.7. The number of benzene rings is 1. The van der Waals surface area contributed by atoms with Crippen molar-refractivity contribution in [1.29, 1.82) is 0 Å². The Bertz CT molecular complexity index is 520. The topological polar surface area (TPSA) is 46.1 Å². The van der Waals surface area contributed by atoms with E-state index in [1.54, 1.807) is 0 Å². The van der Waals surface area contributed by atoms with Crippen molar-refractivity contribution in [2.45, 2.75) is 12.8 Å². The van der Waals surface area contributed by atoms with E-state index in [0.29, 0.717) is 6.42 Å². The number of carbonyl (C=O) groups is 1. The van der Waals surface area contributed by atoms with Crippen molar-refractivity contribution in [2.75, 3.05) is 18.9 Å². The highest BCUT2D eigenvalue weighted by atomic mass is 16.1. The summed E-state index contributed by atoms with van der Waals surface area (Å²) in [6, 6.07) is 11.8. The summed E-state index contributed by atoms with van der Waals surface area (Å²) in [5, 5.41) is 5.95. The van der Waals surface area contributed by atoms with Crippen LogP contribution < -0.4 is 10.6 Å². The van der Waals surface area contributed by atoms with Crippen LogP contribution >= 0.6 is 0 Å². The fourth-order valence-corrected chi connectivity index (χ4v) is 1.90. The van der Waals surface area contributed by atoms with Crippen LogP contribution in [-0.4, -0.2) is 24.1 Å². The molecule has 0 atom stereocenters. The molecule has 2 rings (SSSR count). The molecule has 0 saturated carbocycles. The van der Waals surface area contributed by atoms with E-state index in [9.17, 15) is 4.79 Å². The lowest BCUT2D eigenvalue weighted by atomic mass is 10.2. The second-order valence-electron chi connectivity index (χ2n) is 4.40. The van der Waals surface area contributed by atoms with Crippen LogP contribution in [0.2, 0.25) is 0 Å². The quantitative estimate of drug-likeness (QED) is 0.781. The van der Waals surface area contributed by atoms with Gasteiger partial charge < -0.3 is 15.2 Å². The maximum atomic E-state index is 11.7. The van der Waals surface area contributed by atoms with Gasteiger partial charge in [-0.1, -0.05) is 6.07 Å². The molecule has 4 nitrogen and oxygen atoms in total. The fraction of sp³-hybridized carbons (Fsp3) is 0.267. The molecule has 0 fully saturated rings. The largest absolute Gasteiger partial charge is 0.326 e. The number of anilines is 1. The van der Waals surface area contributed by atoms with E-state index in [-0.39, 0.29) is 5.91 Å². The first-order valence-corrected chi connectivity index (χ1v) is 6.47. The van der Waals surface area contributed by atoms with E-state index in [2.05, 4.69) is 10.6 Å². The van der Waals surface area contributed by atoms with Gasteiger partial charge in [-0.25, -0.2) is 0 Å². The molecule has 0 aliphatic carbocycles. The zero-order valence-electron chi connectivity index (χ0n) is 11.1. The first kappa shape index (κ1) is 13.4. The number of amides is 1. The molecule has 4 heteroatoms. The summed E-state index contributed by atoms with van der Waals surface area (Å²) in [5.41, 5.74) is 1.87. The molecule has 1 aromatic carbocycles. The van der Waals surface area contributed by atoms with E-state index in [4.69, 9.17) is 0 Å². The van der Waals surface area contributed by atoms with Crippen LogP contribution in [-0.2, 0) is 4.79 Å². The summed E-state index contributed by atoms with van der Waals surface area (Å²) in [7, 11) is 1.89. The molecular formula is C15H19N3O. The highest BCUT2D eigenvalue weighted by Gasteiger charge is 2.03. The van der Waals surface area contributed by atoms with Crippen LogP contribution in [0.5, 0.6) is 0 Å². The van der Waals surface area contributed by atoms with Crippen LogP contribution in [0, 0.1) is 0 Å². The molecule has 0 radical (unpaired) electrons. The van der Waals surface area contributed by atoms with E-state index in [0.717, 1.165) is 24.3 Å². The van der Waals surface area contributed by atoms with Gasteiger partial charge in [-0.15, -0.1) is 0 Å². The Morgan fingerprint density at radius 3 is 2.74 bits per heavy atom. The Labute approximate surface area is 113 Å². The summed E-state index contributed by atoms with van der Waals surface area (Å²) in [6.07, 6.45) is 5.34. The van der Waals surface area contributed by atoms with E-state index in [1.807, 2.05) is 60.4 Å². The van der Waals surface area contributed by atoms with Gasteiger partial charge in [-0.3, -0.25) is 4.79 Å². The van der Waals surface area contributed by atoms with E-state index < -0.39 is 0 Å². The molecule has 1 amide bonds. The van der Waals surface area contributed by atoms with Crippen LogP contribution in [0.3, 0.4) is 0 Å². The van der Waals surface area contributed by atoms with Gasteiger partial charge in [-0.2, -0.15) is 0 Å². The second kappa shape index (κ2) is 6.75. The van der Waals surface area contributed by atoms with Gasteiger partial charge in [-0.05, 0) is 50.3 Å². The minimum absolute atomic E-state index is 0.0555. The zero-order chi connectivity index (χ0) is 13.5. The third-order valence-corrected chi connectivity index (χ3v) is 2.86. The van der Waals surface area contributed by atoms with Crippen molar-refractivity contribution in [3.8, 4) is 5.69 Å². The summed E-state index contributed by atoms with van der Waals surface area (Å²) < 4.78 is 2.01. The van der Waals surface area contributed by atoms with Gasteiger partial charge >= 0.3 is 0 Å². The van der Waals surface area contributed by atoms with Gasteiger partial charge in [0.2, 0.25) is 5.91 Å². The standard InChI is InChI=1S/C15H19N3O/c1-16-9-5-8-15(19)17-13-6-4-7-14(12-13)18-10-2-3-11-18/h2-4,6-7,10-12,16H,5,8-9H2,1H3,(H,17,19). The average molecular weight is 257 g/mol. The van der Waals surface area contributed by atoms with Gasteiger partial charge in [0.25, 0.3) is 0 Å². The van der Waals surface area contributed by atoms with Gasteiger partial charge in [0.05, 0.1) is 0 Å². The average Bonchev–Trinajstić information content (AvgIpc) is 2.93. The summed E-state index contributed by atoms with van der Waals surface area (Å²) in [5.74, 6) is 0.0555.